The molecule has 0 amide bonds. The van der Waals surface area contributed by atoms with E-state index in [1.54, 1.807) is 12.1 Å². The van der Waals surface area contributed by atoms with E-state index >= 15 is 0 Å². The Kier molecular flexibility index (Phi) is 5.88. The zero-order valence-electron chi connectivity index (χ0n) is 13.7. The van der Waals surface area contributed by atoms with Crippen LogP contribution in [0.2, 0.25) is 0 Å². The number of nitrogens with one attached hydrogen (secondary N) is 1. The number of benzene rings is 2. The summed E-state index contributed by atoms with van der Waals surface area (Å²) in [5.74, 6) is -0.255. The van der Waals surface area contributed by atoms with Crippen LogP contribution in [0.3, 0.4) is 0 Å². The first kappa shape index (κ1) is 17.6. The molecule has 2 aromatic rings. The summed E-state index contributed by atoms with van der Waals surface area (Å²) in [4.78, 5) is 0. The number of aliphatic hydroxyl groups is 1. The molecule has 4 N–H and O–H groups in total. The molecule has 2 rings (SSSR count). The zero-order valence-corrected chi connectivity index (χ0v) is 13.7. The Bertz CT molecular complexity index is 599. The fraction of sp³-hybridized carbons (Fsp3) is 0.368. The van der Waals surface area contributed by atoms with Gasteiger partial charge in [0.2, 0.25) is 0 Å². The van der Waals surface area contributed by atoms with Gasteiger partial charge in [0.05, 0.1) is 6.10 Å². The fourth-order valence-corrected chi connectivity index (χ4v) is 2.50. The highest BCUT2D eigenvalue weighted by Gasteiger charge is 2.23. The summed E-state index contributed by atoms with van der Waals surface area (Å²) in [5.41, 5.74) is 7.79. The summed E-state index contributed by atoms with van der Waals surface area (Å²) in [6.07, 6.45) is -0.0318. The maximum absolute atomic E-state index is 13.0. The average molecular weight is 316 g/mol. The number of rotatable bonds is 7. The summed E-state index contributed by atoms with van der Waals surface area (Å²) >= 11 is 0. The van der Waals surface area contributed by atoms with Crippen molar-refractivity contribution in [2.75, 3.05) is 6.54 Å². The Labute approximate surface area is 137 Å². The third kappa shape index (κ3) is 5.13. The molecule has 0 spiro atoms. The van der Waals surface area contributed by atoms with E-state index in [-0.39, 0.29) is 17.4 Å². The van der Waals surface area contributed by atoms with Crippen molar-refractivity contribution in [3.63, 3.8) is 0 Å². The number of halogens is 1. The van der Waals surface area contributed by atoms with E-state index in [0.29, 0.717) is 13.0 Å². The molecular weight excluding hydrogens is 291 g/mol. The normalized spacial score (nSPS) is 14.5. The second-order valence-corrected chi connectivity index (χ2v) is 6.43. The molecule has 0 aliphatic heterocycles. The van der Waals surface area contributed by atoms with Crippen molar-refractivity contribution < 1.29 is 9.50 Å². The van der Waals surface area contributed by atoms with Crippen LogP contribution in [0.1, 0.15) is 25.0 Å². The molecule has 23 heavy (non-hydrogen) atoms. The first-order valence-corrected chi connectivity index (χ1v) is 7.87. The topological polar surface area (TPSA) is 58.3 Å². The van der Waals surface area contributed by atoms with Crippen LogP contribution in [0.5, 0.6) is 0 Å². The smallest absolute Gasteiger partial charge is 0.123 e. The quantitative estimate of drug-likeness (QED) is 0.736. The maximum Gasteiger partial charge on any atom is 0.123 e. The number of aliphatic hydroxyl groups excluding tert-OH is 1. The van der Waals surface area contributed by atoms with Gasteiger partial charge in [-0.2, -0.15) is 0 Å². The number of nitrogens with two attached hydrogens (primary N) is 1. The lowest BCUT2D eigenvalue weighted by molar-refractivity contribution is 0.131. The van der Waals surface area contributed by atoms with Crippen molar-refractivity contribution in [1.82, 2.24) is 5.32 Å². The molecule has 0 saturated heterocycles. The van der Waals surface area contributed by atoms with Crippen molar-refractivity contribution in [3.8, 4) is 0 Å². The van der Waals surface area contributed by atoms with Crippen LogP contribution in [-0.2, 0) is 12.0 Å². The Morgan fingerprint density at radius 2 is 1.70 bits per heavy atom. The molecule has 0 aliphatic carbocycles. The summed E-state index contributed by atoms with van der Waals surface area (Å²) in [6, 6.07) is 15.9. The molecule has 0 heterocycles. The predicted molar refractivity (Wildman–Crippen MR) is 91.6 cm³/mol. The molecule has 0 unspecified atom stereocenters. The molecule has 3 nitrogen and oxygen atoms in total. The third-order valence-electron chi connectivity index (χ3n) is 4.13. The van der Waals surface area contributed by atoms with Crippen molar-refractivity contribution in [2.24, 2.45) is 5.73 Å². The first-order chi connectivity index (χ1) is 10.9. The Morgan fingerprint density at radius 1 is 1.09 bits per heavy atom. The van der Waals surface area contributed by atoms with Crippen molar-refractivity contribution in [3.05, 3.63) is 71.5 Å². The highest BCUT2D eigenvalue weighted by Crippen LogP contribution is 2.20. The van der Waals surface area contributed by atoms with E-state index in [4.69, 9.17) is 5.73 Å². The summed E-state index contributed by atoms with van der Waals surface area (Å²) < 4.78 is 13.0. The minimum absolute atomic E-state index is 0.255. The standard InChI is InChI=1S/C19H25FN2O/c1-19(2,15-8-10-16(20)11-9-15)22-13-18(23)17(21)12-14-6-4-3-5-7-14/h3-11,17-18,22-23H,12-13,21H2,1-2H3/t17-,18+/m0/s1. The number of hydrogen-bond acceptors (Lipinski definition) is 3. The van der Waals surface area contributed by atoms with Gasteiger partial charge in [-0.1, -0.05) is 42.5 Å². The molecule has 2 aromatic carbocycles. The molecule has 2 atom stereocenters. The highest BCUT2D eigenvalue weighted by atomic mass is 19.1. The lowest BCUT2D eigenvalue weighted by Gasteiger charge is -2.30. The van der Waals surface area contributed by atoms with Crippen LogP contribution in [0, 0.1) is 5.82 Å². The molecule has 4 heteroatoms. The van der Waals surface area contributed by atoms with E-state index < -0.39 is 6.10 Å². The van der Waals surface area contributed by atoms with Gasteiger partial charge in [-0.05, 0) is 43.5 Å². The maximum atomic E-state index is 13.0. The lowest BCUT2D eigenvalue weighted by atomic mass is 9.93. The van der Waals surface area contributed by atoms with Gasteiger partial charge >= 0.3 is 0 Å². The first-order valence-electron chi connectivity index (χ1n) is 7.87. The van der Waals surface area contributed by atoms with Gasteiger partial charge in [-0.3, -0.25) is 0 Å². The van der Waals surface area contributed by atoms with Crippen molar-refractivity contribution >= 4 is 0 Å². The van der Waals surface area contributed by atoms with E-state index in [9.17, 15) is 9.50 Å². The summed E-state index contributed by atoms with van der Waals surface area (Å²) in [6.45, 7) is 4.36. The lowest BCUT2D eigenvalue weighted by Crippen LogP contribution is -2.48. The van der Waals surface area contributed by atoms with Crippen LogP contribution in [0.15, 0.2) is 54.6 Å². The largest absolute Gasteiger partial charge is 0.390 e. The van der Waals surface area contributed by atoms with E-state index in [2.05, 4.69) is 5.32 Å². The van der Waals surface area contributed by atoms with Crippen LogP contribution in [0.25, 0.3) is 0 Å². The molecule has 124 valence electrons. The fourth-order valence-electron chi connectivity index (χ4n) is 2.50. The van der Waals surface area contributed by atoms with E-state index in [0.717, 1.165) is 11.1 Å². The molecule has 0 bridgehead atoms. The molecular formula is C19H25FN2O. The van der Waals surface area contributed by atoms with Crippen LogP contribution in [-0.4, -0.2) is 23.8 Å². The second kappa shape index (κ2) is 7.68. The van der Waals surface area contributed by atoms with Crippen LogP contribution < -0.4 is 11.1 Å². The van der Waals surface area contributed by atoms with E-state index in [1.807, 2.05) is 44.2 Å². The van der Waals surface area contributed by atoms with Gasteiger partial charge in [-0.15, -0.1) is 0 Å². The van der Waals surface area contributed by atoms with Gasteiger partial charge in [-0.25, -0.2) is 4.39 Å². The van der Waals surface area contributed by atoms with Crippen LogP contribution in [0.4, 0.5) is 4.39 Å². The second-order valence-electron chi connectivity index (χ2n) is 6.43. The van der Waals surface area contributed by atoms with Crippen LogP contribution >= 0.6 is 0 Å². The highest BCUT2D eigenvalue weighted by molar-refractivity contribution is 5.23. The monoisotopic (exact) mass is 316 g/mol. The summed E-state index contributed by atoms with van der Waals surface area (Å²) in [7, 11) is 0. The predicted octanol–water partition coefficient (Wildman–Crippen LogP) is 2.58. The average Bonchev–Trinajstić information content (AvgIpc) is 2.54. The third-order valence-corrected chi connectivity index (χ3v) is 4.13. The van der Waals surface area contributed by atoms with Crippen molar-refractivity contribution in [1.29, 1.82) is 0 Å². The molecule has 0 fully saturated rings. The van der Waals surface area contributed by atoms with Gasteiger partial charge in [0.15, 0.2) is 0 Å². The molecule has 0 aliphatic rings. The molecule has 0 saturated carbocycles. The minimum atomic E-state index is -0.657. The molecule has 0 radical (unpaired) electrons. The SMILES string of the molecule is CC(C)(NC[C@@H](O)[C@@H](N)Cc1ccccc1)c1ccc(F)cc1. The Hall–Kier alpha value is -1.75. The molecule has 0 aromatic heterocycles. The minimum Gasteiger partial charge on any atom is -0.390 e. The van der Waals surface area contributed by atoms with Crippen molar-refractivity contribution in [2.45, 2.75) is 38.0 Å². The van der Waals surface area contributed by atoms with Gasteiger partial charge in [0.25, 0.3) is 0 Å². The summed E-state index contributed by atoms with van der Waals surface area (Å²) in [5, 5.41) is 13.6. The Morgan fingerprint density at radius 3 is 2.30 bits per heavy atom. The van der Waals surface area contributed by atoms with Gasteiger partial charge in [0, 0.05) is 18.1 Å². The Balaban J connectivity index is 1.89. The zero-order chi connectivity index (χ0) is 16.9. The van der Waals surface area contributed by atoms with Gasteiger partial charge < -0.3 is 16.2 Å². The number of hydrogen-bond donors (Lipinski definition) is 3. The van der Waals surface area contributed by atoms with E-state index in [1.165, 1.54) is 12.1 Å². The van der Waals surface area contributed by atoms with Gasteiger partial charge in [0.1, 0.15) is 5.82 Å².